The van der Waals surface area contributed by atoms with Crippen molar-refractivity contribution in [1.82, 2.24) is 0 Å². The molecule has 0 aromatic rings. The first-order chi connectivity index (χ1) is 5.22. The summed E-state index contributed by atoms with van der Waals surface area (Å²) in [5, 5.41) is 9.89. The lowest BCUT2D eigenvalue weighted by atomic mass is 9.66. The van der Waals surface area contributed by atoms with Crippen LogP contribution < -0.4 is 5.73 Å². The van der Waals surface area contributed by atoms with Crippen LogP contribution in [-0.4, -0.2) is 16.7 Å². The third kappa shape index (κ3) is 1.09. The molecule has 2 saturated carbocycles. The molecule has 2 fully saturated rings. The van der Waals surface area contributed by atoms with Crippen LogP contribution in [0.5, 0.6) is 0 Å². The van der Waals surface area contributed by atoms with E-state index in [9.17, 15) is 5.11 Å². The molecule has 2 aliphatic carbocycles. The van der Waals surface area contributed by atoms with E-state index in [2.05, 4.69) is 0 Å². The van der Waals surface area contributed by atoms with Gasteiger partial charge in [-0.25, -0.2) is 0 Å². The van der Waals surface area contributed by atoms with Gasteiger partial charge in [0.15, 0.2) is 0 Å². The monoisotopic (exact) mass is 155 g/mol. The molecule has 3 N–H and O–H groups in total. The maximum absolute atomic E-state index is 9.89. The summed E-state index contributed by atoms with van der Waals surface area (Å²) in [7, 11) is 0. The normalized spacial score (nSPS) is 32.2. The lowest BCUT2D eigenvalue weighted by molar-refractivity contribution is -0.0783. The van der Waals surface area contributed by atoms with Gasteiger partial charge in [0.05, 0.1) is 5.60 Å². The molecule has 2 aliphatic rings. The topological polar surface area (TPSA) is 46.2 Å². The molecule has 2 rings (SSSR count). The predicted octanol–water partition coefficient (Wildman–Crippen LogP) is 1.03. The molecule has 1 unspecified atom stereocenters. The van der Waals surface area contributed by atoms with E-state index in [4.69, 9.17) is 5.73 Å². The second-order valence-corrected chi connectivity index (χ2v) is 4.17. The Hall–Kier alpha value is -0.0800. The first-order valence-electron chi connectivity index (χ1n) is 4.70. The Labute approximate surface area is 67.8 Å². The fourth-order valence-corrected chi connectivity index (χ4v) is 2.11. The van der Waals surface area contributed by atoms with Crippen molar-refractivity contribution in [2.45, 2.75) is 50.2 Å². The highest BCUT2D eigenvalue weighted by atomic mass is 16.3. The standard InChI is InChI=1S/C9H17NO/c10-8(7-3-1-4-7)9(11)5-2-6-9/h7-8,11H,1-6,10H2. The molecule has 2 heteroatoms. The van der Waals surface area contributed by atoms with Crippen LogP contribution in [0.25, 0.3) is 0 Å². The minimum atomic E-state index is -0.467. The van der Waals surface area contributed by atoms with E-state index in [-0.39, 0.29) is 6.04 Å². The van der Waals surface area contributed by atoms with Gasteiger partial charge in [0.2, 0.25) is 0 Å². The van der Waals surface area contributed by atoms with Gasteiger partial charge in [-0.2, -0.15) is 0 Å². The lowest BCUT2D eigenvalue weighted by Crippen LogP contribution is -2.57. The van der Waals surface area contributed by atoms with Gasteiger partial charge in [-0.3, -0.25) is 0 Å². The highest BCUT2D eigenvalue weighted by molar-refractivity contribution is 5.00. The number of aliphatic hydroxyl groups is 1. The Morgan fingerprint density at radius 3 is 2.18 bits per heavy atom. The third-order valence-corrected chi connectivity index (χ3v) is 3.50. The van der Waals surface area contributed by atoms with E-state index in [0.717, 1.165) is 19.3 Å². The minimum absolute atomic E-state index is 0.0741. The molecule has 0 heterocycles. The first kappa shape index (κ1) is 7.56. The minimum Gasteiger partial charge on any atom is -0.388 e. The van der Waals surface area contributed by atoms with Crippen LogP contribution in [0, 0.1) is 5.92 Å². The van der Waals surface area contributed by atoms with E-state index in [1.54, 1.807) is 0 Å². The first-order valence-corrected chi connectivity index (χ1v) is 4.70. The Balaban J connectivity index is 1.91. The van der Waals surface area contributed by atoms with Gasteiger partial charge < -0.3 is 10.8 Å². The van der Waals surface area contributed by atoms with Gasteiger partial charge >= 0.3 is 0 Å². The summed E-state index contributed by atoms with van der Waals surface area (Å²) in [6.45, 7) is 0. The molecule has 11 heavy (non-hydrogen) atoms. The molecular formula is C9H17NO. The summed E-state index contributed by atoms with van der Waals surface area (Å²) in [5.41, 5.74) is 5.50. The number of hydrogen-bond acceptors (Lipinski definition) is 2. The van der Waals surface area contributed by atoms with Gasteiger partial charge in [-0.15, -0.1) is 0 Å². The molecule has 0 amide bonds. The van der Waals surface area contributed by atoms with E-state index >= 15 is 0 Å². The van der Waals surface area contributed by atoms with Crippen molar-refractivity contribution in [1.29, 1.82) is 0 Å². The van der Waals surface area contributed by atoms with Gasteiger partial charge in [0, 0.05) is 6.04 Å². The van der Waals surface area contributed by atoms with Gasteiger partial charge in [-0.05, 0) is 38.0 Å². The van der Waals surface area contributed by atoms with Gasteiger partial charge in [-0.1, -0.05) is 6.42 Å². The number of rotatable bonds is 2. The summed E-state index contributed by atoms with van der Waals surface area (Å²) in [6, 6.07) is 0.0741. The summed E-state index contributed by atoms with van der Waals surface area (Å²) in [5.74, 6) is 0.625. The average molecular weight is 155 g/mol. The Bertz CT molecular complexity index is 150. The molecule has 0 aliphatic heterocycles. The molecule has 1 atom stereocenters. The van der Waals surface area contributed by atoms with E-state index in [1.807, 2.05) is 0 Å². The Morgan fingerprint density at radius 2 is 1.91 bits per heavy atom. The van der Waals surface area contributed by atoms with Crippen molar-refractivity contribution in [2.24, 2.45) is 11.7 Å². The van der Waals surface area contributed by atoms with Crippen LogP contribution in [-0.2, 0) is 0 Å². The fourth-order valence-electron chi connectivity index (χ4n) is 2.11. The third-order valence-electron chi connectivity index (χ3n) is 3.50. The second-order valence-electron chi connectivity index (χ2n) is 4.17. The van der Waals surface area contributed by atoms with Gasteiger partial charge in [0.1, 0.15) is 0 Å². The molecule has 0 aromatic heterocycles. The maximum atomic E-state index is 9.89. The van der Waals surface area contributed by atoms with Gasteiger partial charge in [0.25, 0.3) is 0 Å². The molecule has 0 bridgehead atoms. The van der Waals surface area contributed by atoms with Crippen molar-refractivity contribution in [3.8, 4) is 0 Å². The van der Waals surface area contributed by atoms with Crippen molar-refractivity contribution in [2.75, 3.05) is 0 Å². The van der Waals surface area contributed by atoms with Crippen LogP contribution in [0.3, 0.4) is 0 Å². The number of hydrogen-bond donors (Lipinski definition) is 2. The number of nitrogens with two attached hydrogens (primary N) is 1. The van der Waals surface area contributed by atoms with E-state index in [0.29, 0.717) is 5.92 Å². The van der Waals surface area contributed by atoms with Crippen LogP contribution in [0.2, 0.25) is 0 Å². The largest absolute Gasteiger partial charge is 0.388 e. The average Bonchev–Trinajstić information content (AvgIpc) is 1.78. The molecule has 2 nitrogen and oxygen atoms in total. The zero-order valence-electron chi connectivity index (χ0n) is 6.92. The molecule has 0 spiro atoms. The summed E-state index contributed by atoms with van der Waals surface area (Å²) < 4.78 is 0. The van der Waals surface area contributed by atoms with Crippen molar-refractivity contribution in [3.63, 3.8) is 0 Å². The molecule has 0 saturated heterocycles. The fraction of sp³-hybridized carbons (Fsp3) is 1.00. The van der Waals surface area contributed by atoms with Crippen LogP contribution in [0.15, 0.2) is 0 Å². The van der Waals surface area contributed by atoms with E-state index in [1.165, 1.54) is 19.3 Å². The predicted molar refractivity (Wildman–Crippen MR) is 44.1 cm³/mol. The SMILES string of the molecule is NC(C1CCC1)C1(O)CCC1. The highest BCUT2D eigenvalue weighted by Gasteiger charge is 2.44. The zero-order chi connectivity index (χ0) is 7.90. The summed E-state index contributed by atoms with van der Waals surface area (Å²) in [4.78, 5) is 0. The molecule has 64 valence electrons. The summed E-state index contributed by atoms with van der Waals surface area (Å²) in [6.07, 6.45) is 6.83. The van der Waals surface area contributed by atoms with Crippen LogP contribution in [0.4, 0.5) is 0 Å². The van der Waals surface area contributed by atoms with Crippen LogP contribution in [0.1, 0.15) is 38.5 Å². The molecule has 0 radical (unpaired) electrons. The smallest absolute Gasteiger partial charge is 0.0800 e. The van der Waals surface area contributed by atoms with Crippen molar-refractivity contribution in [3.05, 3.63) is 0 Å². The lowest BCUT2D eigenvalue weighted by Gasteiger charge is -2.47. The van der Waals surface area contributed by atoms with Crippen LogP contribution >= 0.6 is 0 Å². The molecular weight excluding hydrogens is 138 g/mol. The quantitative estimate of drug-likeness (QED) is 0.625. The second kappa shape index (κ2) is 2.46. The summed E-state index contributed by atoms with van der Waals surface area (Å²) >= 11 is 0. The highest BCUT2D eigenvalue weighted by Crippen LogP contribution is 2.41. The Morgan fingerprint density at radius 1 is 1.27 bits per heavy atom. The molecule has 0 aromatic carbocycles. The maximum Gasteiger partial charge on any atom is 0.0800 e. The van der Waals surface area contributed by atoms with Crippen molar-refractivity contribution >= 4 is 0 Å². The zero-order valence-corrected chi connectivity index (χ0v) is 6.92. The van der Waals surface area contributed by atoms with E-state index < -0.39 is 5.60 Å². The van der Waals surface area contributed by atoms with Crippen molar-refractivity contribution < 1.29 is 5.11 Å². The Kier molecular flexibility index (Phi) is 1.69.